The molecule has 0 radical (unpaired) electrons. The smallest absolute Gasteiger partial charge is 0.416 e. The van der Waals surface area contributed by atoms with Crippen LogP contribution in [0.3, 0.4) is 0 Å². The fourth-order valence-electron chi connectivity index (χ4n) is 1.75. The van der Waals surface area contributed by atoms with Crippen molar-refractivity contribution in [3.63, 3.8) is 0 Å². The second kappa shape index (κ2) is 3.49. The molecule has 1 aromatic carbocycles. The summed E-state index contributed by atoms with van der Waals surface area (Å²) in [5.74, 6) is 0. The summed E-state index contributed by atoms with van der Waals surface area (Å²) in [5.41, 5.74) is 0.578. The molecule has 5 heteroatoms. The van der Waals surface area contributed by atoms with Crippen LogP contribution in [0.5, 0.6) is 0 Å². The average molecular weight is 237 g/mol. The van der Waals surface area contributed by atoms with Crippen molar-refractivity contribution in [1.29, 1.82) is 0 Å². The molecule has 2 aromatic rings. The summed E-state index contributed by atoms with van der Waals surface area (Å²) in [6, 6.07) is 7.09. The second-order valence-electron chi connectivity index (χ2n) is 4.03. The molecule has 1 aromatic heterocycles. The Balaban J connectivity index is 2.88. The van der Waals surface area contributed by atoms with Gasteiger partial charge in [0.1, 0.15) is 7.14 Å². The number of hydrogen-bond acceptors (Lipinski definition) is 2. The summed E-state index contributed by atoms with van der Waals surface area (Å²) >= 11 is 0. The molecule has 0 atom stereocenters. The van der Waals surface area contributed by atoms with Gasteiger partial charge in [0.05, 0.1) is 5.52 Å². The highest BCUT2D eigenvalue weighted by atomic mass is 31.2. The van der Waals surface area contributed by atoms with E-state index in [2.05, 4.69) is 0 Å². The van der Waals surface area contributed by atoms with E-state index in [0.717, 1.165) is 9.95 Å². The molecule has 1 heterocycles. The molecule has 0 unspecified atom stereocenters. The highest BCUT2D eigenvalue weighted by Gasteiger charge is 2.20. The minimum atomic E-state index is -2.47. The summed E-state index contributed by atoms with van der Waals surface area (Å²) in [6.45, 7) is 3.28. The summed E-state index contributed by atoms with van der Waals surface area (Å²) in [4.78, 5) is 11.0. The number of fused-ring (bicyclic) bond motifs is 1. The maximum atomic E-state index is 12.1. The van der Waals surface area contributed by atoms with E-state index in [4.69, 9.17) is 5.11 Å². The van der Waals surface area contributed by atoms with Gasteiger partial charge >= 0.3 is 6.09 Å². The molecule has 4 nitrogen and oxygen atoms in total. The number of nitrogens with zero attached hydrogens (tertiary/aromatic N) is 1. The van der Waals surface area contributed by atoms with Crippen LogP contribution < -0.4 is 5.30 Å². The van der Waals surface area contributed by atoms with E-state index in [-0.39, 0.29) is 0 Å². The third-order valence-electron chi connectivity index (χ3n) is 2.48. The molecule has 0 spiro atoms. The van der Waals surface area contributed by atoms with Crippen LogP contribution in [0, 0.1) is 0 Å². The fraction of sp³-hybridized carbons (Fsp3) is 0.182. The van der Waals surface area contributed by atoms with Gasteiger partial charge in [0.15, 0.2) is 0 Å². The Morgan fingerprint density at radius 1 is 1.31 bits per heavy atom. The Morgan fingerprint density at radius 3 is 2.50 bits per heavy atom. The topological polar surface area (TPSA) is 59.3 Å². The number of rotatable bonds is 1. The standard InChI is InChI=1S/C11H12NO3P/c1-16(2,15)10-7-12(11(13)14)9-6-4-3-5-8(9)10/h3-7H,1-2H3,(H,13,14). The molecule has 84 valence electrons. The fourth-order valence-corrected chi connectivity index (χ4v) is 2.91. The van der Waals surface area contributed by atoms with E-state index < -0.39 is 13.2 Å². The zero-order chi connectivity index (χ0) is 11.9. The van der Waals surface area contributed by atoms with E-state index in [1.165, 1.54) is 6.20 Å². The average Bonchev–Trinajstić information content (AvgIpc) is 2.56. The minimum absolute atomic E-state index is 0.578. The Bertz CT molecular complexity index is 609. The van der Waals surface area contributed by atoms with Crippen LogP contribution in [0.2, 0.25) is 0 Å². The summed E-state index contributed by atoms with van der Waals surface area (Å²) in [6.07, 6.45) is 0.393. The van der Waals surface area contributed by atoms with Crippen LogP contribution in [0.25, 0.3) is 10.9 Å². The molecule has 16 heavy (non-hydrogen) atoms. The predicted octanol–water partition coefficient (Wildman–Crippen LogP) is 2.42. The van der Waals surface area contributed by atoms with Gasteiger partial charge in [-0.05, 0) is 19.4 Å². The first kappa shape index (κ1) is 11.0. The number of benzene rings is 1. The maximum Gasteiger partial charge on any atom is 0.416 e. The van der Waals surface area contributed by atoms with E-state index in [1.807, 2.05) is 6.07 Å². The molecule has 0 amide bonds. The quantitative estimate of drug-likeness (QED) is 0.775. The lowest BCUT2D eigenvalue weighted by molar-refractivity contribution is 0.197. The Hall–Kier alpha value is -1.54. The summed E-state index contributed by atoms with van der Waals surface area (Å²) in [7, 11) is -2.47. The maximum absolute atomic E-state index is 12.1. The molecule has 0 aliphatic heterocycles. The van der Waals surface area contributed by atoms with Gasteiger partial charge in [-0.2, -0.15) is 0 Å². The number of aromatic nitrogens is 1. The van der Waals surface area contributed by atoms with Crippen molar-refractivity contribution in [1.82, 2.24) is 4.57 Å². The van der Waals surface area contributed by atoms with Gasteiger partial charge < -0.3 is 9.67 Å². The minimum Gasteiger partial charge on any atom is -0.464 e. The molecule has 2 rings (SSSR count). The van der Waals surface area contributed by atoms with Crippen LogP contribution >= 0.6 is 7.14 Å². The Kier molecular flexibility index (Phi) is 2.39. The van der Waals surface area contributed by atoms with E-state index in [9.17, 15) is 9.36 Å². The van der Waals surface area contributed by atoms with Crippen molar-refractivity contribution in [2.45, 2.75) is 0 Å². The van der Waals surface area contributed by atoms with E-state index in [1.54, 1.807) is 31.5 Å². The molecule has 0 fully saturated rings. The zero-order valence-electron chi connectivity index (χ0n) is 9.04. The number of carbonyl (C=O) groups is 1. The summed E-state index contributed by atoms with van der Waals surface area (Å²) in [5, 5.41) is 10.4. The normalized spacial score (nSPS) is 11.9. The highest BCUT2D eigenvalue weighted by molar-refractivity contribution is 7.70. The van der Waals surface area contributed by atoms with Crippen molar-refractivity contribution < 1.29 is 14.5 Å². The highest BCUT2D eigenvalue weighted by Crippen LogP contribution is 2.38. The van der Waals surface area contributed by atoms with Gasteiger partial charge in [-0.15, -0.1) is 0 Å². The van der Waals surface area contributed by atoms with Crippen molar-refractivity contribution in [2.75, 3.05) is 13.3 Å². The number of carboxylic acid groups (broad SMARTS) is 1. The van der Waals surface area contributed by atoms with Crippen molar-refractivity contribution in [2.24, 2.45) is 0 Å². The van der Waals surface area contributed by atoms with E-state index in [0.29, 0.717) is 10.8 Å². The molecule has 0 saturated heterocycles. The van der Waals surface area contributed by atoms with Crippen molar-refractivity contribution in [3.8, 4) is 0 Å². The van der Waals surface area contributed by atoms with Gasteiger partial charge in [-0.3, -0.25) is 4.57 Å². The largest absolute Gasteiger partial charge is 0.464 e. The number of para-hydroxylation sites is 1. The van der Waals surface area contributed by atoms with Gasteiger partial charge in [-0.25, -0.2) is 4.79 Å². The van der Waals surface area contributed by atoms with Crippen LogP contribution in [0.1, 0.15) is 0 Å². The van der Waals surface area contributed by atoms with Gasteiger partial charge in [0.2, 0.25) is 0 Å². The molecule has 0 aliphatic rings. The third-order valence-corrected chi connectivity index (χ3v) is 3.99. The van der Waals surface area contributed by atoms with Crippen LogP contribution in [0.15, 0.2) is 30.5 Å². The van der Waals surface area contributed by atoms with Crippen molar-refractivity contribution >= 4 is 29.4 Å². The van der Waals surface area contributed by atoms with Crippen LogP contribution in [-0.4, -0.2) is 29.1 Å². The third kappa shape index (κ3) is 1.65. The zero-order valence-corrected chi connectivity index (χ0v) is 9.94. The molecule has 0 aliphatic carbocycles. The first-order valence-corrected chi connectivity index (χ1v) is 7.40. The Labute approximate surface area is 92.9 Å². The first-order chi connectivity index (χ1) is 7.41. The molecule has 0 saturated carbocycles. The molecular formula is C11H12NO3P. The van der Waals surface area contributed by atoms with Gasteiger partial charge in [0.25, 0.3) is 0 Å². The van der Waals surface area contributed by atoms with Gasteiger partial charge in [0, 0.05) is 16.9 Å². The van der Waals surface area contributed by atoms with Crippen LogP contribution in [0.4, 0.5) is 4.79 Å². The van der Waals surface area contributed by atoms with Crippen molar-refractivity contribution in [3.05, 3.63) is 30.5 Å². The molecule has 0 bridgehead atoms. The van der Waals surface area contributed by atoms with E-state index >= 15 is 0 Å². The number of hydrogen-bond donors (Lipinski definition) is 1. The lowest BCUT2D eigenvalue weighted by Gasteiger charge is -2.03. The van der Waals surface area contributed by atoms with Gasteiger partial charge in [-0.1, -0.05) is 18.2 Å². The lowest BCUT2D eigenvalue weighted by Crippen LogP contribution is -2.07. The summed E-state index contributed by atoms with van der Waals surface area (Å²) < 4.78 is 13.2. The monoisotopic (exact) mass is 237 g/mol. The molecular weight excluding hydrogens is 225 g/mol. The first-order valence-electron chi connectivity index (χ1n) is 4.80. The SMILES string of the molecule is CP(C)(=O)c1cn(C(=O)O)c2ccccc12. The van der Waals surface area contributed by atoms with Crippen LogP contribution in [-0.2, 0) is 4.57 Å². The molecule has 1 N–H and O–H groups in total. The Morgan fingerprint density at radius 2 is 1.94 bits per heavy atom. The lowest BCUT2D eigenvalue weighted by atomic mass is 10.2. The second-order valence-corrected chi connectivity index (χ2v) is 7.22. The predicted molar refractivity (Wildman–Crippen MR) is 64.4 cm³/mol.